The van der Waals surface area contributed by atoms with Gasteiger partial charge < -0.3 is 25.6 Å². The third-order valence-corrected chi connectivity index (χ3v) is 15.0. The van der Waals surface area contributed by atoms with Crippen LogP contribution in [0, 0.1) is 11.8 Å². The van der Waals surface area contributed by atoms with Crippen molar-refractivity contribution in [3.8, 4) is 5.75 Å². The average Bonchev–Trinajstić information content (AvgIpc) is 4.19. The van der Waals surface area contributed by atoms with Crippen molar-refractivity contribution in [2.75, 3.05) is 28.4 Å². The van der Waals surface area contributed by atoms with Gasteiger partial charge in [0.2, 0.25) is 10.3 Å². The number of carbonyl (C=O) groups excluding carboxylic acids is 4. The number of hydrogen-bond acceptors (Lipinski definition) is 19. The fourth-order valence-corrected chi connectivity index (χ4v) is 11.1. The number of hydrogen-bond donors (Lipinski definition) is 6. The van der Waals surface area contributed by atoms with Gasteiger partial charge in [-0.1, -0.05) is 48.4 Å². The van der Waals surface area contributed by atoms with Gasteiger partial charge in [0.15, 0.2) is 33.2 Å². The number of amides is 4. The molecule has 2 aliphatic rings. The maximum atomic E-state index is 13.3. The maximum Gasteiger partial charge on any atom is 0.416 e. The van der Waals surface area contributed by atoms with E-state index < -0.39 is 47.4 Å². The van der Waals surface area contributed by atoms with Crippen LogP contribution in [-0.2, 0) is 20.3 Å². The largest absolute Gasteiger partial charge is 0.497 e. The van der Waals surface area contributed by atoms with E-state index in [2.05, 4.69) is 62.3 Å². The lowest BCUT2D eigenvalue weighted by atomic mass is 9.93. The van der Waals surface area contributed by atoms with Gasteiger partial charge >= 0.3 is 30.2 Å². The summed E-state index contributed by atoms with van der Waals surface area (Å²) in [6, 6.07) is 5.85. The summed E-state index contributed by atoms with van der Waals surface area (Å²) in [5, 5.41) is 51.5. The van der Waals surface area contributed by atoms with Crippen molar-refractivity contribution in [1.82, 2.24) is 50.4 Å². The number of rotatable bonds is 15. The van der Waals surface area contributed by atoms with Crippen molar-refractivity contribution in [3.63, 3.8) is 0 Å². The molecule has 2 aliphatic carbocycles. The summed E-state index contributed by atoms with van der Waals surface area (Å²) in [7, 11) is 4.69. The van der Waals surface area contributed by atoms with Crippen LogP contribution in [0.5, 0.6) is 5.75 Å². The highest BCUT2D eigenvalue weighted by Gasteiger charge is 2.34. The Labute approximate surface area is 409 Å². The first kappa shape index (κ1) is 50.8. The highest BCUT2D eigenvalue weighted by atomic mass is 32.2. The van der Waals surface area contributed by atoms with Crippen LogP contribution in [0.1, 0.15) is 98.6 Å². The van der Waals surface area contributed by atoms with Crippen LogP contribution in [0.4, 0.5) is 44.4 Å². The van der Waals surface area contributed by atoms with Crippen LogP contribution in [0.3, 0.4) is 0 Å². The number of carboxylic acids is 2. The average molecular weight is 1050 g/mol. The number of aromatic carboxylic acids is 2. The molecule has 0 saturated heterocycles. The molecule has 4 amide bonds. The lowest BCUT2D eigenvalue weighted by molar-refractivity contribution is -0.137. The Hall–Kier alpha value is -7.05. The summed E-state index contributed by atoms with van der Waals surface area (Å²) >= 11 is 3.77. The summed E-state index contributed by atoms with van der Waals surface area (Å²) in [6.45, 7) is 0. The van der Waals surface area contributed by atoms with Crippen LogP contribution < -0.4 is 26.0 Å². The Morgan fingerprint density at radius 3 is 1.49 bits per heavy atom. The molecule has 0 bridgehead atoms. The second-order valence-electron chi connectivity index (χ2n) is 15.3. The van der Waals surface area contributed by atoms with Crippen LogP contribution in [-0.4, -0.2) is 103 Å². The van der Waals surface area contributed by atoms with E-state index in [1.807, 2.05) is 0 Å². The number of thiazole rings is 2. The molecule has 6 aromatic rings. The third kappa shape index (κ3) is 12.4. The Morgan fingerprint density at radius 1 is 0.671 bits per heavy atom. The van der Waals surface area contributed by atoms with Gasteiger partial charge in [0.05, 0.1) is 24.0 Å². The zero-order valence-electron chi connectivity index (χ0n) is 36.8. The van der Waals surface area contributed by atoms with Crippen molar-refractivity contribution in [1.29, 1.82) is 0 Å². The molecule has 2 fully saturated rings. The van der Waals surface area contributed by atoms with E-state index in [-0.39, 0.29) is 54.0 Å². The van der Waals surface area contributed by atoms with E-state index in [1.165, 1.54) is 16.5 Å². The van der Waals surface area contributed by atoms with E-state index in [1.54, 1.807) is 32.3 Å². The number of ketones is 2. The van der Waals surface area contributed by atoms with Gasteiger partial charge in [0.1, 0.15) is 14.2 Å². The summed E-state index contributed by atoms with van der Waals surface area (Å²) in [6.07, 6.45) is 1.73. The van der Waals surface area contributed by atoms with E-state index in [4.69, 9.17) is 4.74 Å². The van der Waals surface area contributed by atoms with E-state index in [0.29, 0.717) is 39.2 Å². The number of tetrazole rings is 2. The molecule has 6 N–H and O–H groups in total. The number of halogens is 3. The monoisotopic (exact) mass is 1040 g/mol. The minimum Gasteiger partial charge on any atom is -0.497 e. The molecule has 2 aromatic carbocycles. The first-order valence-corrected chi connectivity index (χ1v) is 24.1. The topological polar surface area (TPSA) is 313 Å². The van der Waals surface area contributed by atoms with Crippen molar-refractivity contribution in [2.24, 2.45) is 25.9 Å². The molecule has 2 saturated carbocycles. The highest BCUT2D eigenvalue weighted by Crippen LogP contribution is 2.39. The number of benzene rings is 2. The molecule has 23 nitrogen and oxygen atoms in total. The number of nitrogens with zero attached hydrogens (tertiary/aromatic N) is 10. The van der Waals surface area contributed by atoms with Crippen molar-refractivity contribution in [3.05, 3.63) is 64.5 Å². The number of aryl methyl sites for hydroxylation is 2. The third-order valence-electron chi connectivity index (χ3n) is 10.6. The van der Waals surface area contributed by atoms with Gasteiger partial charge in [0.25, 0.3) is 0 Å². The summed E-state index contributed by atoms with van der Waals surface area (Å²) < 4.78 is 48.3. The van der Waals surface area contributed by atoms with E-state index in [0.717, 1.165) is 103 Å². The van der Waals surface area contributed by atoms with Gasteiger partial charge in [0, 0.05) is 37.1 Å². The molecule has 0 radical (unpaired) electrons. The smallest absolute Gasteiger partial charge is 0.416 e. The predicted octanol–water partition coefficient (Wildman–Crippen LogP) is 8.09. The van der Waals surface area contributed by atoms with Gasteiger partial charge in [-0.05, 0) is 106 Å². The Kier molecular flexibility index (Phi) is 16.1. The zero-order chi connectivity index (χ0) is 50.3. The van der Waals surface area contributed by atoms with E-state index in [9.17, 15) is 52.2 Å². The van der Waals surface area contributed by atoms with Crippen molar-refractivity contribution < 1.29 is 56.9 Å². The first-order valence-electron chi connectivity index (χ1n) is 20.8. The number of nitrogens with one attached hydrogen (secondary N) is 4. The second kappa shape index (κ2) is 22.1. The molecule has 0 spiro atoms. The number of carbonyl (C=O) groups is 6. The molecule has 0 unspecified atom stereocenters. The molecule has 70 heavy (non-hydrogen) atoms. The van der Waals surface area contributed by atoms with Gasteiger partial charge in [-0.2, -0.15) is 13.2 Å². The number of anilines is 4. The van der Waals surface area contributed by atoms with Crippen LogP contribution >= 0.6 is 46.2 Å². The first-order chi connectivity index (χ1) is 33.4. The van der Waals surface area contributed by atoms with Gasteiger partial charge in [-0.3, -0.25) is 20.2 Å². The number of methoxy groups -OCH3 is 1. The molecule has 8 rings (SSSR count). The van der Waals surface area contributed by atoms with Gasteiger partial charge in [-0.15, -0.1) is 10.2 Å². The molecule has 4 heterocycles. The Morgan fingerprint density at radius 2 is 1.10 bits per heavy atom. The molecule has 0 atom stereocenters. The predicted molar refractivity (Wildman–Crippen MR) is 246 cm³/mol. The van der Waals surface area contributed by atoms with Crippen molar-refractivity contribution in [2.45, 2.75) is 76.3 Å². The molecular formula is C40H39F3N14O9S4. The number of Topliss-reactive ketones (excluding diaryl/α,β-unsaturated/α-hetero) is 2. The van der Waals surface area contributed by atoms with Crippen LogP contribution in [0.2, 0.25) is 0 Å². The summed E-state index contributed by atoms with van der Waals surface area (Å²) in [4.78, 5) is 82.5. The fraction of sp³-hybridized carbons (Fsp3) is 0.350. The Balaban J connectivity index is 0.000000207. The second-order valence-corrected chi connectivity index (χ2v) is 19.8. The molecule has 4 aromatic heterocycles. The molecule has 0 aliphatic heterocycles. The van der Waals surface area contributed by atoms with Crippen LogP contribution in [0.25, 0.3) is 0 Å². The molecule has 368 valence electrons. The lowest BCUT2D eigenvalue weighted by Gasteiger charge is -2.16. The Bertz CT molecular complexity index is 2950. The number of urea groups is 2. The minimum absolute atomic E-state index is 0.0370. The zero-order valence-corrected chi connectivity index (χ0v) is 40.0. The molecule has 30 heteroatoms. The van der Waals surface area contributed by atoms with Gasteiger partial charge in [-0.25, -0.2) is 38.5 Å². The number of ether oxygens (including phenoxy) is 1. The molecular weight excluding hydrogens is 1010 g/mol. The normalized spacial score (nSPS) is 13.9. The van der Waals surface area contributed by atoms with Crippen LogP contribution in [0.15, 0.2) is 55.1 Å². The standard InChI is InChI=1S/C20H18F3N7O4S2.C20H21N7O5S2/c1-30-19(27-28-29-30)36-16-13(15(32)33)25-18(35-16)26-17(34)24-12-7-6-10(20(21,22)23)8-11(12)14(31)9-4-2-3-5-9;1-27-20(24-25-26-27)34-17-14(16(29)30)22-19(33-17)23-18(31)21-13-8-7-11(32-2)9-12(13)15(28)10-5-3-4-6-10/h6-9H,2-5H2,1H3,(H,32,33)(H2,24,25,26,34);7-10H,3-6H2,1-2H3,(H,29,30)(H2,21,22,23,31). The SMILES string of the molecule is COc1ccc(NC(=O)Nc2nc(C(=O)O)c(Sc3nnnn3C)s2)c(C(=O)C2CCCC2)c1.Cn1nnnc1Sc1sc(NC(=O)Nc2ccc(C(F)(F)F)cc2C(=O)C2CCCC2)nc1C(=O)O. The summed E-state index contributed by atoms with van der Waals surface area (Å²) in [5.41, 5.74) is -1.18. The number of aromatic nitrogens is 10. The summed E-state index contributed by atoms with van der Waals surface area (Å²) in [5.74, 6) is -3.08. The van der Waals surface area contributed by atoms with E-state index >= 15 is 0 Å². The number of carboxylic acid groups (broad SMARTS) is 2. The number of alkyl halides is 3. The lowest BCUT2D eigenvalue weighted by Crippen LogP contribution is -2.23. The van der Waals surface area contributed by atoms with Crippen molar-refractivity contribution >= 4 is 103 Å². The maximum absolute atomic E-state index is 13.3. The highest BCUT2D eigenvalue weighted by molar-refractivity contribution is 8.01. The quantitative estimate of drug-likeness (QED) is 0.0529. The fourth-order valence-electron chi connectivity index (χ4n) is 7.22. The minimum atomic E-state index is -4.66.